The van der Waals surface area contributed by atoms with E-state index < -0.39 is 11.9 Å². The zero-order valence-corrected chi connectivity index (χ0v) is 16.3. The molecule has 10 nitrogen and oxygen atoms in total. The number of carbonyl (C=O) groups is 1. The smallest absolute Gasteiger partial charge is 0.414 e. The molecule has 11 heteroatoms. The van der Waals surface area contributed by atoms with Crippen molar-refractivity contribution >= 4 is 11.8 Å². The molecule has 2 aromatic heterocycles. The number of tetrazole rings is 1. The average molecular weight is 412 g/mol. The number of amides is 1. The second-order valence-electron chi connectivity index (χ2n) is 6.81. The molecule has 3 aromatic rings. The lowest BCUT2D eigenvalue weighted by molar-refractivity contribution is 0.140. The first-order valence-corrected chi connectivity index (χ1v) is 9.44. The Balaban J connectivity index is 1.49. The van der Waals surface area contributed by atoms with E-state index in [-0.39, 0.29) is 6.10 Å². The minimum absolute atomic E-state index is 0.307. The van der Waals surface area contributed by atoms with E-state index >= 15 is 0 Å². The number of anilines is 1. The van der Waals surface area contributed by atoms with E-state index in [1.165, 1.54) is 15.8 Å². The highest BCUT2D eigenvalue weighted by atomic mass is 19.1. The van der Waals surface area contributed by atoms with Crippen molar-refractivity contribution in [2.75, 3.05) is 31.1 Å². The maximum absolute atomic E-state index is 14.8. The lowest BCUT2D eigenvalue weighted by Crippen LogP contribution is -2.33. The number of nitrogens with zero attached hydrogens (tertiary/aromatic N) is 6. The van der Waals surface area contributed by atoms with Gasteiger partial charge in [0.15, 0.2) is 0 Å². The largest absolute Gasteiger partial charge is 0.443 e. The van der Waals surface area contributed by atoms with Gasteiger partial charge in [0.1, 0.15) is 17.6 Å². The van der Waals surface area contributed by atoms with E-state index in [0.29, 0.717) is 54.5 Å². The molecule has 0 radical (unpaired) electrons. The number of cyclic esters (lactones) is 1. The summed E-state index contributed by atoms with van der Waals surface area (Å²) < 4.78 is 20.1. The van der Waals surface area contributed by atoms with E-state index in [1.54, 1.807) is 37.5 Å². The summed E-state index contributed by atoms with van der Waals surface area (Å²) in [5.41, 5.74) is 7.39. The van der Waals surface area contributed by atoms with Crippen molar-refractivity contribution in [2.45, 2.75) is 6.10 Å². The first kappa shape index (κ1) is 19.9. The number of nitrogens with two attached hydrogens (primary N) is 1. The molecule has 0 saturated carbocycles. The molecule has 1 fully saturated rings. The summed E-state index contributed by atoms with van der Waals surface area (Å²) in [5, 5.41) is 14.9. The van der Waals surface area contributed by atoms with Crippen LogP contribution in [-0.2, 0) is 11.8 Å². The number of benzene rings is 1. The van der Waals surface area contributed by atoms with Crippen molar-refractivity contribution in [3.63, 3.8) is 0 Å². The van der Waals surface area contributed by atoms with Crippen LogP contribution in [0, 0.1) is 5.82 Å². The summed E-state index contributed by atoms with van der Waals surface area (Å²) in [4.78, 5) is 19.2. The van der Waals surface area contributed by atoms with Gasteiger partial charge in [0.05, 0.1) is 19.3 Å². The molecule has 0 spiro atoms. The molecule has 1 aliphatic heterocycles. The average Bonchev–Trinajstić information content (AvgIpc) is 3.34. The predicted octanol–water partition coefficient (Wildman–Crippen LogP) is 0.952. The molecule has 1 aromatic carbocycles. The molecule has 156 valence electrons. The third kappa shape index (κ3) is 4.11. The van der Waals surface area contributed by atoms with Gasteiger partial charge in [0.2, 0.25) is 5.82 Å². The van der Waals surface area contributed by atoms with Gasteiger partial charge in [-0.3, -0.25) is 9.88 Å². The fourth-order valence-electron chi connectivity index (χ4n) is 3.18. The van der Waals surface area contributed by atoms with Gasteiger partial charge in [-0.1, -0.05) is 6.07 Å². The van der Waals surface area contributed by atoms with Crippen LogP contribution in [0.15, 0.2) is 36.5 Å². The van der Waals surface area contributed by atoms with Crippen molar-refractivity contribution in [2.24, 2.45) is 12.8 Å². The number of aromatic nitrogens is 5. The lowest BCUT2D eigenvalue weighted by atomic mass is 10.1. The van der Waals surface area contributed by atoms with Crippen molar-refractivity contribution in [1.82, 2.24) is 30.5 Å². The first-order chi connectivity index (χ1) is 14.5. The molecule has 0 aliphatic carbocycles. The summed E-state index contributed by atoms with van der Waals surface area (Å²) in [6, 6.07) is 8.07. The normalized spacial score (nSPS) is 16.2. The number of aryl methyl sites for hydroxylation is 1. The Morgan fingerprint density at radius 1 is 1.33 bits per heavy atom. The molecule has 1 saturated heterocycles. The van der Waals surface area contributed by atoms with Crippen LogP contribution in [0.4, 0.5) is 14.9 Å². The van der Waals surface area contributed by atoms with Crippen LogP contribution in [0.2, 0.25) is 0 Å². The molecule has 3 N–H and O–H groups in total. The highest BCUT2D eigenvalue weighted by Gasteiger charge is 2.32. The zero-order chi connectivity index (χ0) is 21.1. The minimum atomic E-state index is -0.496. The van der Waals surface area contributed by atoms with Crippen LogP contribution in [-0.4, -0.2) is 63.6 Å². The third-order valence-electron chi connectivity index (χ3n) is 4.64. The molecule has 4 rings (SSSR count). The van der Waals surface area contributed by atoms with Gasteiger partial charge < -0.3 is 15.8 Å². The van der Waals surface area contributed by atoms with Crippen LogP contribution < -0.4 is 16.0 Å². The van der Waals surface area contributed by atoms with Crippen molar-refractivity contribution < 1.29 is 13.9 Å². The summed E-state index contributed by atoms with van der Waals surface area (Å²) in [6.45, 7) is 1.98. The number of hydrogen-bond acceptors (Lipinski definition) is 8. The van der Waals surface area contributed by atoms with Gasteiger partial charge in [-0.25, -0.2) is 9.18 Å². The van der Waals surface area contributed by atoms with Gasteiger partial charge in [0.25, 0.3) is 0 Å². The summed E-state index contributed by atoms with van der Waals surface area (Å²) in [5.74, 6) is -0.0693. The molecular formula is C19H21FN8O2. The third-order valence-corrected chi connectivity index (χ3v) is 4.64. The molecular weight excluding hydrogens is 391 g/mol. The van der Waals surface area contributed by atoms with E-state index in [4.69, 9.17) is 10.5 Å². The number of carbonyl (C=O) groups excluding carboxylic acids is 1. The Labute approximate surface area is 171 Å². The second kappa shape index (κ2) is 8.51. The second-order valence-corrected chi connectivity index (χ2v) is 6.81. The fourth-order valence-corrected chi connectivity index (χ4v) is 3.18. The molecule has 0 unspecified atom stereocenters. The lowest BCUT2D eigenvalue weighted by Gasteiger charge is -2.14. The molecule has 3 heterocycles. The fraction of sp³-hybridized carbons (Fsp3) is 0.316. The van der Waals surface area contributed by atoms with Crippen LogP contribution in [0.25, 0.3) is 22.6 Å². The number of nitrogens with one attached hydrogen (secondary N) is 1. The van der Waals surface area contributed by atoms with E-state index in [0.717, 1.165) is 0 Å². The predicted molar refractivity (Wildman–Crippen MR) is 107 cm³/mol. The van der Waals surface area contributed by atoms with E-state index in [2.05, 4.69) is 25.7 Å². The van der Waals surface area contributed by atoms with Gasteiger partial charge in [0, 0.05) is 37.0 Å². The first-order valence-electron chi connectivity index (χ1n) is 9.44. The monoisotopic (exact) mass is 412 g/mol. The molecule has 1 aliphatic rings. The van der Waals surface area contributed by atoms with Crippen LogP contribution in [0.5, 0.6) is 0 Å². The Morgan fingerprint density at radius 2 is 2.20 bits per heavy atom. The highest BCUT2D eigenvalue weighted by Crippen LogP contribution is 2.29. The minimum Gasteiger partial charge on any atom is -0.443 e. The van der Waals surface area contributed by atoms with Gasteiger partial charge >= 0.3 is 6.09 Å². The summed E-state index contributed by atoms with van der Waals surface area (Å²) in [6.07, 6.45) is 0.745. The van der Waals surface area contributed by atoms with Crippen molar-refractivity contribution in [3.8, 4) is 22.6 Å². The van der Waals surface area contributed by atoms with Gasteiger partial charge in [-0.15, -0.1) is 10.2 Å². The Morgan fingerprint density at radius 3 is 2.87 bits per heavy atom. The number of ether oxygens (including phenoxy) is 1. The number of halogens is 1. The molecule has 0 bridgehead atoms. The van der Waals surface area contributed by atoms with Gasteiger partial charge in [-0.2, -0.15) is 4.80 Å². The van der Waals surface area contributed by atoms with E-state index in [9.17, 15) is 9.18 Å². The highest BCUT2D eigenvalue weighted by molar-refractivity contribution is 5.90. The number of pyridine rings is 1. The molecule has 30 heavy (non-hydrogen) atoms. The molecule has 1 amide bonds. The topological polar surface area (TPSA) is 124 Å². The summed E-state index contributed by atoms with van der Waals surface area (Å²) in [7, 11) is 1.66. The van der Waals surface area contributed by atoms with E-state index in [1.807, 2.05) is 0 Å². The number of rotatable bonds is 7. The number of hydrogen-bond donors (Lipinski definition) is 2. The Kier molecular flexibility index (Phi) is 5.63. The van der Waals surface area contributed by atoms with Crippen molar-refractivity contribution in [1.29, 1.82) is 0 Å². The quantitative estimate of drug-likeness (QED) is 0.550. The Bertz CT molecular complexity index is 1040. The maximum Gasteiger partial charge on any atom is 0.414 e. The standard InChI is InChI=1S/C19H21FN8O2/c1-27-25-18(24-26-27)17-5-2-12(9-23-17)15-4-3-13(8-16(15)20)28-11-14(30-19(28)29)10-22-7-6-21/h2-5,8-9,14,22H,6-7,10-11,21H2,1H3/t14-/m0/s1. The summed E-state index contributed by atoms with van der Waals surface area (Å²) >= 11 is 0. The maximum atomic E-state index is 14.8. The zero-order valence-electron chi connectivity index (χ0n) is 16.3. The van der Waals surface area contributed by atoms with Crippen LogP contribution in [0.1, 0.15) is 0 Å². The van der Waals surface area contributed by atoms with Crippen LogP contribution >= 0.6 is 0 Å². The SMILES string of the molecule is Cn1nnc(-c2ccc(-c3ccc(N4C[C@H](CNCCN)OC4=O)cc3F)cn2)n1. The van der Waals surface area contributed by atoms with Crippen molar-refractivity contribution in [3.05, 3.63) is 42.3 Å². The van der Waals surface area contributed by atoms with Gasteiger partial charge in [-0.05, 0) is 29.5 Å². The Hall–Kier alpha value is -3.44. The molecule has 1 atom stereocenters. The van der Waals surface area contributed by atoms with Crippen LogP contribution in [0.3, 0.4) is 0 Å².